The molecule has 0 spiro atoms. The SMILES string of the molecule is Cc1nc2ccc(N(C)C(=O)c3cc(=O)[nH]c4c3CNCC4)cc2s1. The summed E-state index contributed by atoms with van der Waals surface area (Å²) < 4.78 is 1.05. The monoisotopic (exact) mass is 354 g/mol. The smallest absolute Gasteiger partial charge is 0.258 e. The van der Waals surface area contributed by atoms with Gasteiger partial charge in [0.05, 0.1) is 20.8 Å². The van der Waals surface area contributed by atoms with Crippen LogP contribution >= 0.6 is 11.3 Å². The molecule has 1 aliphatic heterocycles. The lowest BCUT2D eigenvalue weighted by atomic mass is 10.0. The predicted octanol–water partition coefficient (Wildman–Crippen LogP) is 2.22. The molecule has 25 heavy (non-hydrogen) atoms. The lowest BCUT2D eigenvalue weighted by Crippen LogP contribution is -2.34. The van der Waals surface area contributed by atoms with Crippen molar-refractivity contribution in [1.29, 1.82) is 0 Å². The number of fused-ring (bicyclic) bond motifs is 2. The number of amides is 1. The van der Waals surface area contributed by atoms with E-state index in [0.29, 0.717) is 12.1 Å². The molecule has 2 N–H and O–H groups in total. The van der Waals surface area contributed by atoms with Gasteiger partial charge >= 0.3 is 0 Å². The fraction of sp³-hybridized carbons (Fsp3) is 0.278. The molecular formula is C18H18N4O2S. The highest BCUT2D eigenvalue weighted by Crippen LogP contribution is 2.27. The number of carbonyl (C=O) groups excluding carboxylic acids is 1. The molecular weight excluding hydrogens is 336 g/mol. The van der Waals surface area contributed by atoms with Crippen LogP contribution in [0.1, 0.15) is 26.6 Å². The van der Waals surface area contributed by atoms with Crippen LogP contribution in [0, 0.1) is 6.92 Å². The van der Waals surface area contributed by atoms with Crippen molar-refractivity contribution < 1.29 is 4.79 Å². The summed E-state index contributed by atoms with van der Waals surface area (Å²) in [5.41, 5.74) is 3.71. The Labute approximate surface area is 148 Å². The van der Waals surface area contributed by atoms with E-state index in [1.807, 2.05) is 25.1 Å². The van der Waals surface area contributed by atoms with Crippen molar-refractivity contribution in [1.82, 2.24) is 15.3 Å². The summed E-state index contributed by atoms with van der Waals surface area (Å²) in [6.45, 7) is 3.36. The van der Waals surface area contributed by atoms with E-state index in [0.717, 1.165) is 45.1 Å². The molecule has 0 atom stereocenters. The molecule has 0 radical (unpaired) electrons. The Bertz CT molecular complexity index is 1040. The number of pyridine rings is 1. The Morgan fingerprint density at radius 1 is 1.32 bits per heavy atom. The fourth-order valence-electron chi connectivity index (χ4n) is 3.21. The second-order valence-electron chi connectivity index (χ2n) is 6.18. The number of anilines is 1. The fourth-order valence-corrected chi connectivity index (χ4v) is 4.07. The van der Waals surface area contributed by atoms with Crippen LogP contribution in [0.3, 0.4) is 0 Å². The zero-order chi connectivity index (χ0) is 17.6. The Balaban J connectivity index is 1.74. The number of nitrogens with one attached hydrogen (secondary N) is 2. The number of nitrogens with zero attached hydrogens (tertiary/aromatic N) is 2. The molecule has 7 heteroatoms. The predicted molar refractivity (Wildman–Crippen MR) is 99.6 cm³/mol. The topological polar surface area (TPSA) is 78.1 Å². The number of thiazole rings is 1. The molecule has 0 bridgehead atoms. The van der Waals surface area contributed by atoms with Crippen molar-refractivity contribution in [2.45, 2.75) is 19.9 Å². The Morgan fingerprint density at radius 3 is 3.00 bits per heavy atom. The zero-order valence-corrected chi connectivity index (χ0v) is 14.9. The normalized spacial score (nSPS) is 13.7. The molecule has 0 saturated heterocycles. The van der Waals surface area contributed by atoms with E-state index in [-0.39, 0.29) is 11.5 Å². The maximum Gasteiger partial charge on any atom is 0.258 e. The minimum Gasteiger partial charge on any atom is -0.326 e. The van der Waals surface area contributed by atoms with Crippen LogP contribution in [-0.4, -0.2) is 29.5 Å². The van der Waals surface area contributed by atoms with Crippen LogP contribution in [0.5, 0.6) is 0 Å². The van der Waals surface area contributed by atoms with Crippen molar-refractivity contribution in [3.8, 4) is 0 Å². The molecule has 3 aromatic rings. The number of rotatable bonds is 2. The van der Waals surface area contributed by atoms with E-state index in [1.54, 1.807) is 23.3 Å². The van der Waals surface area contributed by atoms with Gasteiger partial charge in [-0.05, 0) is 30.7 Å². The van der Waals surface area contributed by atoms with Gasteiger partial charge in [0.15, 0.2) is 0 Å². The van der Waals surface area contributed by atoms with Gasteiger partial charge in [-0.3, -0.25) is 9.59 Å². The van der Waals surface area contributed by atoms with E-state index in [2.05, 4.69) is 15.3 Å². The van der Waals surface area contributed by atoms with Gasteiger partial charge in [0.25, 0.3) is 5.91 Å². The van der Waals surface area contributed by atoms with Gasteiger partial charge in [0, 0.05) is 44.0 Å². The summed E-state index contributed by atoms with van der Waals surface area (Å²) in [5.74, 6) is -0.174. The number of carbonyl (C=O) groups is 1. The molecule has 2 aromatic heterocycles. The third-order valence-corrected chi connectivity index (χ3v) is 5.43. The second-order valence-corrected chi connectivity index (χ2v) is 7.42. The highest BCUT2D eigenvalue weighted by molar-refractivity contribution is 7.18. The summed E-state index contributed by atoms with van der Waals surface area (Å²) in [7, 11) is 1.74. The van der Waals surface area contributed by atoms with Gasteiger partial charge in [-0.1, -0.05) is 0 Å². The first-order valence-corrected chi connectivity index (χ1v) is 8.95. The van der Waals surface area contributed by atoms with E-state index >= 15 is 0 Å². The Morgan fingerprint density at radius 2 is 2.16 bits per heavy atom. The molecule has 1 aromatic carbocycles. The maximum atomic E-state index is 13.0. The molecule has 0 saturated carbocycles. The number of aromatic nitrogens is 2. The van der Waals surface area contributed by atoms with E-state index in [1.165, 1.54) is 6.07 Å². The first-order valence-electron chi connectivity index (χ1n) is 8.14. The quantitative estimate of drug-likeness (QED) is 0.740. The molecule has 1 amide bonds. The highest BCUT2D eigenvalue weighted by Gasteiger charge is 2.22. The average Bonchev–Trinajstić information content (AvgIpc) is 2.98. The van der Waals surface area contributed by atoms with Crippen molar-refractivity contribution in [3.05, 3.63) is 56.4 Å². The van der Waals surface area contributed by atoms with Gasteiger partial charge in [-0.25, -0.2) is 4.98 Å². The minimum absolute atomic E-state index is 0.174. The molecule has 1 aliphatic rings. The summed E-state index contributed by atoms with van der Waals surface area (Å²) in [6, 6.07) is 7.18. The number of hydrogen-bond acceptors (Lipinski definition) is 5. The number of hydrogen-bond donors (Lipinski definition) is 2. The van der Waals surface area contributed by atoms with Crippen LogP contribution in [0.15, 0.2) is 29.1 Å². The molecule has 0 aliphatic carbocycles. The average molecular weight is 354 g/mol. The summed E-state index contributed by atoms with van der Waals surface area (Å²) >= 11 is 1.60. The van der Waals surface area contributed by atoms with Crippen LogP contribution in [0.25, 0.3) is 10.2 Å². The van der Waals surface area contributed by atoms with E-state index < -0.39 is 0 Å². The van der Waals surface area contributed by atoms with Crippen molar-refractivity contribution in [2.24, 2.45) is 0 Å². The first-order chi connectivity index (χ1) is 12.0. The molecule has 0 unspecified atom stereocenters. The minimum atomic E-state index is -0.231. The summed E-state index contributed by atoms with van der Waals surface area (Å²) in [5, 5.41) is 4.26. The van der Waals surface area contributed by atoms with E-state index in [9.17, 15) is 9.59 Å². The van der Waals surface area contributed by atoms with Gasteiger partial charge in [0.1, 0.15) is 0 Å². The lowest BCUT2D eigenvalue weighted by molar-refractivity contribution is 0.0991. The number of benzene rings is 1. The largest absolute Gasteiger partial charge is 0.326 e. The summed E-state index contributed by atoms with van der Waals surface area (Å²) in [4.78, 5) is 33.9. The molecule has 0 fully saturated rings. The van der Waals surface area contributed by atoms with Gasteiger partial charge in [-0.2, -0.15) is 0 Å². The van der Waals surface area contributed by atoms with Crippen LogP contribution < -0.4 is 15.8 Å². The Hall–Kier alpha value is -2.51. The van der Waals surface area contributed by atoms with Gasteiger partial charge in [0.2, 0.25) is 5.56 Å². The highest BCUT2D eigenvalue weighted by atomic mass is 32.1. The number of H-pyrrole nitrogens is 1. The van der Waals surface area contributed by atoms with Gasteiger partial charge in [-0.15, -0.1) is 11.3 Å². The Kier molecular flexibility index (Phi) is 3.89. The number of aromatic amines is 1. The lowest BCUT2D eigenvalue weighted by Gasteiger charge is -2.23. The van der Waals surface area contributed by atoms with Crippen LogP contribution in [-0.2, 0) is 13.0 Å². The zero-order valence-electron chi connectivity index (χ0n) is 14.0. The third-order valence-electron chi connectivity index (χ3n) is 4.49. The maximum absolute atomic E-state index is 13.0. The van der Waals surface area contributed by atoms with Crippen LogP contribution in [0.4, 0.5) is 5.69 Å². The molecule has 128 valence electrons. The third kappa shape index (κ3) is 2.85. The summed E-state index contributed by atoms with van der Waals surface area (Å²) in [6.07, 6.45) is 0.724. The van der Waals surface area contributed by atoms with Gasteiger partial charge < -0.3 is 15.2 Å². The van der Waals surface area contributed by atoms with Crippen LogP contribution in [0.2, 0.25) is 0 Å². The molecule has 4 rings (SSSR count). The van der Waals surface area contributed by atoms with Crippen molar-refractivity contribution in [2.75, 3.05) is 18.5 Å². The molecule has 3 heterocycles. The number of aryl methyl sites for hydroxylation is 1. The first kappa shape index (κ1) is 16.0. The van der Waals surface area contributed by atoms with Crippen molar-refractivity contribution in [3.63, 3.8) is 0 Å². The second kappa shape index (κ2) is 6.09. The van der Waals surface area contributed by atoms with E-state index in [4.69, 9.17) is 0 Å². The standard InChI is InChI=1S/C18H18N4O2S/c1-10-20-15-4-3-11(7-16(15)25-10)22(2)18(24)12-8-17(23)21-14-5-6-19-9-13(12)14/h3-4,7-8,19H,5-6,9H2,1-2H3,(H,21,23). The van der Waals surface area contributed by atoms with Crippen molar-refractivity contribution >= 4 is 33.1 Å². The molecule has 6 nitrogen and oxygen atoms in total.